The highest BCUT2D eigenvalue weighted by molar-refractivity contribution is 6.33. The first-order valence-electron chi connectivity index (χ1n) is 8.12. The summed E-state index contributed by atoms with van der Waals surface area (Å²) < 4.78 is 0. The minimum Gasteiger partial charge on any atom is -0.332 e. The Kier molecular flexibility index (Phi) is 4.67. The molecular formula is C19H21ClN2O. The molecule has 23 heavy (non-hydrogen) atoms. The molecule has 0 radical (unpaired) electrons. The van der Waals surface area contributed by atoms with E-state index in [1.54, 1.807) is 6.07 Å². The van der Waals surface area contributed by atoms with Crippen molar-refractivity contribution < 1.29 is 4.79 Å². The highest BCUT2D eigenvalue weighted by atomic mass is 35.5. The van der Waals surface area contributed by atoms with E-state index in [-0.39, 0.29) is 18.0 Å². The van der Waals surface area contributed by atoms with Crippen molar-refractivity contribution in [1.82, 2.24) is 9.88 Å². The van der Waals surface area contributed by atoms with Crippen LogP contribution in [0, 0.1) is 0 Å². The van der Waals surface area contributed by atoms with E-state index in [1.165, 1.54) is 6.42 Å². The van der Waals surface area contributed by atoms with Crippen LogP contribution in [0.5, 0.6) is 0 Å². The molecule has 0 N–H and O–H groups in total. The van der Waals surface area contributed by atoms with Crippen molar-refractivity contribution in [3.05, 3.63) is 53.2 Å². The van der Waals surface area contributed by atoms with Gasteiger partial charge in [0.2, 0.25) is 0 Å². The Hall–Kier alpha value is -1.87. The zero-order valence-electron chi connectivity index (χ0n) is 13.5. The maximum Gasteiger partial charge on any atom is 0.272 e. The molecule has 3 nitrogen and oxygen atoms in total. The van der Waals surface area contributed by atoms with Crippen molar-refractivity contribution in [2.24, 2.45) is 0 Å². The Bertz CT molecular complexity index is 706. The molecule has 0 bridgehead atoms. The van der Waals surface area contributed by atoms with E-state index >= 15 is 0 Å². The Labute approximate surface area is 142 Å². The summed E-state index contributed by atoms with van der Waals surface area (Å²) in [6.45, 7) is 4.23. The van der Waals surface area contributed by atoms with E-state index in [2.05, 4.69) is 18.8 Å². The first-order chi connectivity index (χ1) is 11.1. The lowest BCUT2D eigenvalue weighted by Crippen LogP contribution is -2.47. The molecule has 1 aromatic carbocycles. The number of aromatic nitrogens is 1. The van der Waals surface area contributed by atoms with Crippen LogP contribution in [0.3, 0.4) is 0 Å². The second kappa shape index (κ2) is 6.71. The number of amides is 1. The minimum absolute atomic E-state index is 0.0126. The molecule has 1 aromatic heterocycles. The number of nitrogens with zero attached hydrogens (tertiary/aromatic N) is 2. The minimum atomic E-state index is 0.0126. The van der Waals surface area contributed by atoms with Gasteiger partial charge in [0.1, 0.15) is 5.69 Å². The second-order valence-corrected chi connectivity index (χ2v) is 6.64. The largest absolute Gasteiger partial charge is 0.332 e. The summed E-state index contributed by atoms with van der Waals surface area (Å²) in [6.07, 6.45) is 3.29. The molecule has 1 saturated heterocycles. The Morgan fingerprint density at radius 1 is 1.09 bits per heavy atom. The third-order valence-electron chi connectivity index (χ3n) is 4.55. The molecule has 2 heterocycles. The third-order valence-corrected chi connectivity index (χ3v) is 4.88. The van der Waals surface area contributed by atoms with E-state index in [0.717, 1.165) is 24.1 Å². The van der Waals surface area contributed by atoms with Crippen LogP contribution in [0.2, 0.25) is 5.02 Å². The standard InChI is InChI=1S/C19H21ClN2O/c1-13-7-5-8-14(2)22(13)19(23)18-12-6-11-17(21-18)15-9-3-4-10-16(15)20/h3-4,6,9-14H,5,7-8H2,1-2H3. The highest BCUT2D eigenvalue weighted by Crippen LogP contribution is 2.28. The second-order valence-electron chi connectivity index (χ2n) is 6.23. The predicted molar refractivity (Wildman–Crippen MR) is 93.6 cm³/mol. The summed E-state index contributed by atoms with van der Waals surface area (Å²) in [5, 5.41) is 0.643. The number of carbonyl (C=O) groups excluding carboxylic acids is 1. The highest BCUT2D eigenvalue weighted by Gasteiger charge is 2.30. The van der Waals surface area contributed by atoms with Crippen LogP contribution in [-0.2, 0) is 0 Å². The van der Waals surface area contributed by atoms with Gasteiger partial charge in [0.15, 0.2) is 0 Å². The van der Waals surface area contributed by atoms with E-state index in [0.29, 0.717) is 10.7 Å². The van der Waals surface area contributed by atoms with E-state index in [9.17, 15) is 4.79 Å². The van der Waals surface area contributed by atoms with Gasteiger partial charge < -0.3 is 4.90 Å². The monoisotopic (exact) mass is 328 g/mol. The lowest BCUT2D eigenvalue weighted by atomic mass is 9.97. The van der Waals surface area contributed by atoms with Gasteiger partial charge in [-0.15, -0.1) is 0 Å². The molecule has 1 aliphatic rings. The number of hydrogen-bond acceptors (Lipinski definition) is 2. The van der Waals surface area contributed by atoms with Gasteiger partial charge in [0.05, 0.1) is 5.69 Å². The molecule has 1 amide bonds. The Morgan fingerprint density at radius 3 is 2.48 bits per heavy atom. The fraction of sp³-hybridized carbons (Fsp3) is 0.368. The van der Waals surface area contributed by atoms with Gasteiger partial charge in [-0.3, -0.25) is 4.79 Å². The van der Waals surface area contributed by atoms with Gasteiger partial charge in [-0.2, -0.15) is 0 Å². The van der Waals surface area contributed by atoms with Gasteiger partial charge in [0.25, 0.3) is 5.91 Å². The number of piperidine rings is 1. The van der Waals surface area contributed by atoms with Crippen LogP contribution in [0.1, 0.15) is 43.6 Å². The van der Waals surface area contributed by atoms with Crippen LogP contribution in [0.4, 0.5) is 0 Å². The number of benzene rings is 1. The van der Waals surface area contributed by atoms with Gasteiger partial charge >= 0.3 is 0 Å². The molecule has 2 atom stereocenters. The number of carbonyl (C=O) groups is 1. The lowest BCUT2D eigenvalue weighted by molar-refractivity contribution is 0.0505. The van der Waals surface area contributed by atoms with Gasteiger partial charge in [-0.25, -0.2) is 4.98 Å². The fourth-order valence-electron chi connectivity index (χ4n) is 3.33. The average molecular weight is 329 g/mol. The number of rotatable bonds is 2. The third kappa shape index (κ3) is 3.25. The van der Waals surface area contributed by atoms with Gasteiger partial charge in [0, 0.05) is 22.7 Å². The van der Waals surface area contributed by atoms with Gasteiger partial charge in [-0.05, 0) is 51.3 Å². The molecule has 120 valence electrons. The maximum atomic E-state index is 12.9. The molecule has 0 saturated carbocycles. The van der Waals surface area contributed by atoms with Crippen molar-refractivity contribution in [3.63, 3.8) is 0 Å². The molecule has 3 rings (SSSR count). The summed E-state index contributed by atoms with van der Waals surface area (Å²) in [6, 6.07) is 13.6. The van der Waals surface area contributed by atoms with Crippen molar-refractivity contribution in [2.45, 2.75) is 45.2 Å². The molecule has 1 aliphatic heterocycles. The van der Waals surface area contributed by atoms with Crippen molar-refractivity contribution in [1.29, 1.82) is 0 Å². The molecule has 2 unspecified atom stereocenters. The normalized spacial score (nSPS) is 21.3. The smallest absolute Gasteiger partial charge is 0.272 e. The zero-order valence-corrected chi connectivity index (χ0v) is 14.3. The van der Waals surface area contributed by atoms with E-state index in [4.69, 9.17) is 11.6 Å². The number of halogens is 1. The molecule has 2 aromatic rings. The average Bonchev–Trinajstić information content (AvgIpc) is 2.55. The number of likely N-dealkylation sites (tertiary alicyclic amines) is 1. The van der Waals surface area contributed by atoms with Crippen LogP contribution >= 0.6 is 11.6 Å². The zero-order chi connectivity index (χ0) is 16.4. The van der Waals surface area contributed by atoms with E-state index < -0.39 is 0 Å². The Balaban J connectivity index is 1.93. The fourth-order valence-corrected chi connectivity index (χ4v) is 3.56. The van der Waals surface area contributed by atoms with Gasteiger partial charge in [-0.1, -0.05) is 35.9 Å². The summed E-state index contributed by atoms with van der Waals surface area (Å²) in [5.74, 6) is 0.0126. The Morgan fingerprint density at radius 2 is 1.78 bits per heavy atom. The molecular weight excluding hydrogens is 308 g/mol. The molecule has 4 heteroatoms. The number of pyridine rings is 1. The quantitative estimate of drug-likeness (QED) is 0.793. The summed E-state index contributed by atoms with van der Waals surface area (Å²) in [4.78, 5) is 19.5. The SMILES string of the molecule is CC1CCCC(C)N1C(=O)c1cccc(-c2ccccc2Cl)n1. The van der Waals surface area contributed by atoms with E-state index in [1.807, 2.05) is 41.3 Å². The first-order valence-corrected chi connectivity index (χ1v) is 8.50. The predicted octanol–water partition coefficient (Wildman–Crippen LogP) is 4.81. The first kappa shape index (κ1) is 16.0. The van der Waals surface area contributed by atoms with Crippen LogP contribution in [0.15, 0.2) is 42.5 Å². The summed E-state index contributed by atoms with van der Waals surface area (Å²) in [5.41, 5.74) is 2.07. The maximum absolute atomic E-state index is 12.9. The topological polar surface area (TPSA) is 33.2 Å². The molecule has 0 aliphatic carbocycles. The van der Waals surface area contributed by atoms with Crippen LogP contribution < -0.4 is 0 Å². The summed E-state index contributed by atoms with van der Waals surface area (Å²) >= 11 is 6.25. The number of hydrogen-bond donors (Lipinski definition) is 0. The molecule has 0 spiro atoms. The summed E-state index contributed by atoms with van der Waals surface area (Å²) in [7, 11) is 0. The van der Waals surface area contributed by atoms with Crippen LogP contribution in [0.25, 0.3) is 11.3 Å². The lowest BCUT2D eigenvalue weighted by Gasteiger charge is -2.38. The molecule has 1 fully saturated rings. The van der Waals surface area contributed by atoms with Crippen molar-refractivity contribution in [3.8, 4) is 11.3 Å². The van der Waals surface area contributed by atoms with Crippen LogP contribution in [-0.4, -0.2) is 27.9 Å². The van der Waals surface area contributed by atoms with Crippen molar-refractivity contribution >= 4 is 17.5 Å². The van der Waals surface area contributed by atoms with Crippen molar-refractivity contribution in [2.75, 3.05) is 0 Å².